The van der Waals surface area contributed by atoms with E-state index in [-0.39, 0.29) is 25.7 Å². The van der Waals surface area contributed by atoms with E-state index in [1.807, 2.05) is 36.5 Å². The van der Waals surface area contributed by atoms with Crippen LogP contribution in [-0.4, -0.2) is 96.7 Å². The zero-order valence-electron chi connectivity index (χ0n) is 65.3. The lowest BCUT2D eigenvalue weighted by molar-refractivity contribution is -0.161. The van der Waals surface area contributed by atoms with Crippen molar-refractivity contribution in [2.45, 2.75) is 290 Å². The highest BCUT2D eigenvalue weighted by atomic mass is 31.2. The van der Waals surface area contributed by atoms with Gasteiger partial charge in [0.05, 0.1) is 32.8 Å². The van der Waals surface area contributed by atoms with Crippen LogP contribution in [0, 0.1) is 0 Å². The first-order chi connectivity index (χ1) is 51.7. The van der Waals surface area contributed by atoms with Gasteiger partial charge in [0, 0.05) is 19.3 Å². The van der Waals surface area contributed by atoms with Gasteiger partial charge in [0.25, 0.3) is 0 Å². The number of rotatable bonds is 72. The third kappa shape index (κ3) is 76.1. The number of hydrogen-bond donors (Lipinski definition) is 3. The molecule has 0 heterocycles. The first kappa shape index (κ1) is 99.9. The zero-order valence-corrected chi connectivity index (χ0v) is 67.1. The number of aliphatic hydroxyl groups excluding tert-OH is 1. The second-order valence-corrected chi connectivity index (χ2v) is 28.4. The van der Waals surface area contributed by atoms with Crippen molar-refractivity contribution in [1.82, 2.24) is 0 Å². The zero-order chi connectivity index (χ0) is 77.4. The third-order valence-electron chi connectivity index (χ3n) is 15.6. The fourth-order valence-electron chi connectivity index (χ4n) is 9.70. The van der Waals surface area contributed by atoms with Crippen molar-refractivity contribution in [3.8, 4) is 0 Å². The van der Waals surface area contributed by atoms with Crippen LogP contribution >= 0.6 is 15.6 Å². The normalized spacial score (nSPS) is 14.9. The summed E-state index contributed by atoms with van der Waals surface area (Å²) in [5.74, 6) is -2.48. The molecule has 106 heavy (non-hydrogen) atoms. The molecule has 19 heteroatoms. The molecule has 0 spiro atoms. The van der Waals surface area contributed by atoms with Crippen LogP contribution in [0.4, 0.5) is 0 Å². The van der Waals surface area contributed by atoms with Crippen LogP contribution in [0.15, 0.2) is 194 Å². The smallest absolute Gasteiger partial charge is 0.462 e. The van der Waals surface area contributed by atoms with E-state index >= 15 is 0 Å². The Hall–Kier alpha value is -6.10. The van der Waals surface area contributed by atoms with Gasteiger partial charge in [-0.15, -0.1) is 0 Å². The number of phosphoric ester groups is 2. The lowest BCUT2D eigenvalue weighted by Crippen LogP contribution is -2.30. The van der Waals surface area contributed by atoms with Crippen LogP contribution in [0.25, 0.3) is 0 Å². The van der Waals surface area contributed by atoms with E-state index in [9.17, 15) is 43.2 Å². The lowest BCUT2D eigenvalue weighted by atomic mass is 10.0. The minimum atomic E-state index is -5.02. The molecule has 0 saturated heterocycles. The Labute approximate surface area is 640 Å². The fourth-order valence-corrected chi connectivity index (χ4v) is 11.3. The van der Waals surface area contributed by atoms with Gasteiger partial charge in [0.1, 0.15) is 19.3 Å². The molecule has 0 aliphatic heterocycles. The molecular weight excluding hydrogens is 1380 g/mol. The maximum atomic E-state index is 13.1. The van der Waals surface area contributed by atoms with Gasteiger partial charge in [0.15, 0.2) is 12.2 Å². The van der Waals surface area contributed by atoms with Crippen LogP contribution in [0.1, 0.15) is 272 Å². The molecule has 17 nitrogen and oxygen atoms in total. The quantitative estimate of drug-likeness (QED) is 0.0169. The molecule has 0 aliphatic carbocycles. The van der Waals surface area contributed by atoms with E-state index in [0.29, 0.717) is 32.1 Å². The van der Waals surface area contributed by atoms with Crippen molar-refractivity contribution in [3.05, 3.63) is 194 Å². The molecule has 0 aromatic heterocycles. The lowest BCUT2D eigenvalue weighted by Gasteiger charge is -2.21. The predicted molar refractivity (Wildman–Crippen MR) is 436 cm³/mol. The van der Waals surface area contributed by atoms with Crippen molar-refractivity contribution in [2.75, 3.05) is 39.6 Å². The van der Waals surface area contributed by atoms with Gasteiger partial charge in [-0.05, 0) is 135 Å². The average molecular weight is 1520 g/mol. The number of aliphatic hydroxyl groups is 1. The molecule has 0 fully saturated rings. The number of unbranched alkanes of at least 4 members (excludes halogenated alkanes) is 15. The number of phosphoric acid groups is 2. The van der Waals surface area contributed by atoms with E-state index in [4.69, 9.17) is 37.0 Å². The Kier molecular flexibility index (Phi) is 72.6. The molecule has 0 saturated carbocycles. The Bertz CT molecular complexity index is 2780. The van der Waals surface area contributed by atoms with Gasteiger partial charge in [-0.1, -0.05) is 306 Å². The Balaban J connectivity index is 5.55. The van der Waals surface area contributed by atoms with Crippen molar-refractivity contribution < 1.29 is 80.2 Å². The Morgan fingerprint density at radius 2 is 0.547 bits per heavy atom. The largest absolute Gasteiger partial charge is 0.472 e. The summed E-state index contributed by atoms with van der Waals surface area (Å²) in [4.78, 5) is 72.9. The molecule has 598 valence electrons. The van der Waals surface area contributed by atoms with Crippen molar-refractivity contribution >= 4 is 39.5 Å². The molecule has 3 N–H and O–H groups in total. The molecule has 0 radical (unpaired) electrons. The number of ether oxygens (including phenoxy) is 4. The first-order valence-electron chi connectivity index (χ1n) is 39.7. The molecule has 0 rings (SSSR count). The summed E-state index contributed by atoms with van der Waals surface area (Å²) < 4.78 is 68.3. The second kappa shape index (κ2) is 77.1. The second-order valence-electron chi connectivity index (χ2n) is 25.5. The van der Waals surface area contributed by atoms with Gasteiger partial charge >= 0.3 is 39.5 Å². The minimum Gasteiger partial charge on any atom is -0.462 e. The molecule has 5 atom stereocenters. The standard InChI is InChI=1S/C87H138O17P2/c1-5-9-13-17-21-25-29-33-36-38-40-42-45-49-52-56-60-64-68-72-85(90)98-78-83(104-87(92)74-70-66-62-58-54-50-46-43-41-39-37-34-30-26-22-18-14-10-6-2)80-102-106(95,96)100-76-81(88)75-99-105(93,94)101-79-82(103-86(91)73-69-65-61-57-53-47-32-28-24-20-16-12-8-4)77-97-84(89)71-67-63-59-55-51-48-44-35-31-27-23-19-15-11-7-3/h9-11,13-15,21-23,25-27,33-37,40-44,49-52,54-55,60,63-64,67,81-83,88H,5-8,12,16-20,24,28-32,38-39,45-48,53,56-59,61-62,65-66,68-80H2,1-4H3,(H,93,94)(H,95,96)/b13-9-,14-10-,15-11-,25-21-,26-22-,27-23-,36-33-,37-34-,42-40-,43-41-,44-35-,52-49-,54-50-,55-51-,64-60-,67-63-. The van der Waals surface area contributed by atoms with Crippen LogP contribution < -0.4 is 0 Å². The summed E-state index contributed by atoms with van der Waals surface area (Å²) >= 11 is 0. The van der Waals surface area contributed by atoms with Gasteiger partial charge < -0.3 is 33.8 Å². The van der Waals surface area contributed by atoms with Gasteiger partial charge in [-0.2, -0.15) is 0 Å². The van der Waals surface area contributed by atoms with Crippen LogP contribution in [0.5, 0.6) is 0 Å². The third-order valence-corrected chi connectivity index (χ3v) is 17.5. The highest BCUT2D eigenvalue weighted by Gasteiger charge is 2.30. The monoisotopic (exact) mass is 1520 g/mol. The summed E-state index contributed by atoms with van der Waals surface area (Å²) in [6, 6.07) is 0. The summed E-state index contributed by atoms with van der Waals surface area (Å²) in [6.07, 6.45) is 94.6. The molecule has 0 bridgehead atoms. The van der Waals surface area contributed by atoms with E-state index < -0.39 is 97.5 Å². The van der Waals surface area contributed by atoms with Gasteiger partial charge in [0.2, 0.25) is 0 Å². The summed E-state index contributed by atoms with van der Waals surface area (Å²) in [7, 11) is -10.0. The molecule has 0 aromatic carbocycles. The molecule has 5 unspecified atom stereocenters. The molecule has 0 aliphatic rings. The van der Waals surface area contributed by atoms with Crippen molar-refractivity contribution in [1.29, 1.82) is 0 Å². The van der Waals surface area contributed by atoms with E-state index in [1.165, 1.54) is 51.4 Å². The molecule has 0 aromatic rings. The summed E-state index contributed by atoms with van der Waals surface area (Å²) in [6.45, 7) is 4.27. The summed E-state index contributed by atoms with van der Waals surface area (Å²) in [5, 5.41) is 10.6. The van der Waals surface area contributed by atoms with Crippen LogP contribution in [-0.2, 0) is 65.4 Å². The maximum absolute atomic E-state index is 13.1. The highest BCUT2D eigenvalue weighted by Crippen LogP contribution is 2.45. The maximum Gasteiger partial charge on any atom is 0.472 e. The van der Waals surface area contributed by atoms with E-state index in [0.717, 1.165) is 135 Å². The van der Waals surface area contributed by atoms with Gasteiger partial charge in [-0.3, -0.25) is 37.3 Å². The SMILES string of the molecule is CC/C=C\C/C=C\C/C=C\C/C=C\C/C=C\C/C=C\CCC(=O)OCC(COP(=O)(O)OCC(O)COP(=O)(O)OCC(COC(=O)C/C=C\C/C=C\C/C=C\C/C=C\C/C=C\CC)OC(=O)CCCCCCCCCCCCCCC)OC(=O)CCCCC/C=C\C/C=C\C/C=C\C/C=C\C/C=C\CC. The average Bonchev–Trinajstić information content (AvgIpc) is 0.903. The predicted octanol–water partition coefficient (Wildman–Crippen LogP) is 23.3. The van der Waals surface area contributed by atoms with E-state index in [1.54, 1.807) is 6.08 Å². The highest BCUT2D eigenvalue weighted by molar-refractivity contribution is 7.47. The molecular formula is C87H138O17P2. The van der Waals surface area contributed by atoms with Crippen LogP contribution in [0.2, 0.25) is 0 Å². The summed E-state index contributed by atoms with van der Waals surface area (Å²) in [5.41, 5.74) is 0. The van der Waals surface area contributed by atoms with Gasteiger partial charge in [-0.25, -0.2) is 9.13 Å². The van der Waals surface area contributed by atoms with E-state index in [2.05, 4.69) is 180 Å². The minimum absolute atomic E-state index is 0.0188. The Morgan fingerprint density at radius 1 is 0.283 bits per heavy atom. The molecule has 0 amide bonds. The number of esters is 4. The number of hydrogen-bond acceptors (Lipinski definition) is 15. The van der Waals surface area contributed by atoms with Crippen molar-refractivity contribution in [2.24, 2.45) is 0 Å². The number of carbonyl (C=O) groups excluding carboxylic acids is 4. The van der Waals surface area contributed by atoms with Crippen LogP contribution in [0.3, 0.4) is 0 Å². The fraction of sp³-hybridized carbons (Fsp3) is 0.586. The number of carbonyl (C=O) groups is 4. The number of allylic oxidation sites excluding steroid dienone is 31. The first-order valence-corrected chi connectivity index (χ1v) is 42.7. The van der Waals surface area contributed by atoms with Crippen molar-refractivity contribution in [3.63, 3.8) is 0 Å². The topological polar surface area (TPSA) is 237 Å². The Morgan fingerprint density at radius 3 is 0.877 bits per heavy atom.